The normalized spacial score (nSPS) is 12.5. The molecular weight excluding hydrogens is 264 g/mol. The van der Waals surface area contributed by atoms with E-state index in [0.717, 1.165) is 16.6 Å². The molecule has 90 valence electrons. The van der Waals surface area contributed by atoms with E-state index in [-0.39, 0.29) is 0 Å². The Bertz CT molecular complexity index is 326. The van der Waals surface area contributed by atoms with Crippen LogP contribution in [0, 0.1) is 6.92 Å². The maximum atomic E-state index is 5.77. The van der Waals surface area contributed by atoms with Crippen LogP contribution in [0.4, 0.5) is 5.69 Å². The fourth-order valence-electron chi connectivity index (χ4n) is 1.67. The number of unbranched alkanes of at least 4 members (excludes halogenated alkanes) is 1. The minimum atomic E-state index is 0.373. The molecule has 0 amide bonds. The second kappa shape index (κ2) is 6.92. The first-order valence-corrected chi connectivity index (χ1v) is 6.69. The minimum absolute atomic E-state index is 0.373. The zero-order valence-electron chi connectivity index (χ0n) is 10.1. The summed E-state index contributed by atoms with van der Waals surface area (Å²) in [6.45, 7) is 4.98. The average Bonchev–Trinajstić information content (AvgIpc) is 2.28. The molecule has 0 radical (unpaired) electrons. The Morgan fingerprint density at radius 3 is 2.81 bits per heavy atom. The van der Waals surface area contributed by atoms with Crippen LogP contribution < -0.4 is 11.1 Å². The third-order valence-corrected chi connectivity index (χ3v) is 3.36. The molecule has 0 saturated carbocycles. The largest absolute Gasteiger partial charge is 0.380 e. The summed E-state index contributed by atoms with van der Waals surface area (Å²) in [5, 5.41) is 3.50. The fraction of sp³-hybridized carbons (Fsp3) is 0.538. The van der Waals surface area contributed by atoms with Crippen LogP contribution in [0.15, 0.2) is 22.7 Å². The van der Waals surface area contributed by atoms with Gasteiger partial charge in [0, 0.05) is 22.7 Å². The van der Waals surface area contributed by atoms with Crippen molar-refractivity contribution >= 4 is 21.6 Å². The van der Waals surface area contributed by atoms with Gasteiger partial charge in [-0.3, -0.25) is 0 Å². The number of hydrogen-bond donors (Lipinski definition) is 2. The van der Waals surface area contributed by atoms with E-state index in [0.29, 0.717) is 12.6 Å². The van der Waals surface area contributed by atoms with Gasteiger partial charge in [0.05, 0.1) is 0 Å². The van der Waals surface area contributed by atoms with Crippen molar-refractivity contribution in [3.05, 3.63) is 28.2 Å². The molecule has 0 aliphatic carbocycles. The SMILES string of the molecule is CCCCC(CN)Nc1cc(C)ccc1Br. The predicted molar refractivity (Wildman–Crippen MR) is 74.9 cm³/mol. The van der Waals surface area contributed by atoms with Gasteiger partial charge >= 0.3 is 0 Å². The third-order valence-electron chi connectivity index (χ3n) is 2.67. The summed E-state index contributed by atoms with van der Waals surface area (Å²) < 4.78 is 1.10. The summed E-state index contributed by atoms with van der Waals surface area (Å²) in [4.78, 5) is 0. The Balaban J connectivity index is 2.65. The number of aryl methyl sites for hydroxylation is 1. The monoisotopic (exact) mass is 284 g/mol. The van der Waals surface area contributed by atoms with Gasteiger partial charge in [-0.2, -0.15) is 0 Å². The van der Waals surface area contributed by atoms with Gasteiger partial charge in [-0.1, -0.05) is 25.8 Å². The quantitative estimate of drug-likeness (QED) is 0.836. The van der Waals surface area contributed by atoms with E-state index < -0.39 is 0 Å². The zero-order chi connectivity index (χ0) is 12.0. The number of halogens is 1. The second-order valence-electron chi connectivity index (χ2n) is 4.20. The third kappa shape index (κ3) is 4.14. The van der Waals surface area contributed by atoms with E-state index in [9.17, 15) is 0 Å². The van der Waals surface area contributed by atoms with E-state index in [4.69, 9.17) is 5.73 Å². The molecule has 0 aliphatic heterocycles. The molecule has 3 N–H and O–H groups in total. The summed E-state index contributed by atoms with van der Waals surface area (Å²) in [7, 11) is 0. The Labute approximate surface area is 107 Å². The molecule has 1 rings (SSSR count). The topological polar surface area (TPSA) is 38.0 Å². The molecule has 1 aromatic rings. The van der Waals surface area contributed by atoms with Crippen molar-refractivity contribution in [3.63, 3.8) is 0 Å². The van der Waals surface area contributed by atoms with Crippen LogP contribution in [0.3, 0.4) is 0 Å². The van der Waals surface area contributed by atoms with Gasteiger partial charge in [0.2, 0.25) is 0 Å². The lowest BCUT2D eigenvalue weighted by molar-refractivity contribution is 0.614. The molecule has 2 nitrogen and oxygen atoms in total. The minimum Gasteiger partial charge on any atom is -0.380 e. The fourth-order valence-corrected chi connectivity index (χ4v) is 2.03. The van der Waals surface area contributed by atoms with Crippen molar-refractivity contribution in [2.45, 2.75) is 39.2 Å². The van der Waals surface area contributed by atoms with Crippen molar-refractivity contribution in [1.29, 1.82) is 0 Å². The Kier molecular flexibility index (Phi) is 5.85. The smallest absolute Gasteiger partial charge is 0.0489 e. The summed E-state index contributed by atoms with van der Waals surface area (Å²) >= 11 is 3.55. The molecule has 0 fully saturated rings. The van der Waals surface area contributed by atoms with Crippen LogP contribution in [0.2, 0.25) is 0 Å². The van der Waals surface area contributed by atoms with Crippen molar-refractivity contribution in [2.75, 3.05) is 11.9 Å². The van der Waals surface area contributed by atoms with Crippen molar-refractivity contribution in [2.24, 2.45) is 5.73 Å². The molecule has 16 heavy (non-hydrogen) atoms. The summed E-state index contributed by atoms with van der Waals surface area (Å²) in [5.41, 5.74) is 8.18. The standard InChI is InChI=1S/C13H21BrN2/c1-3-4-5-11(9-15)16-13-8-10(2)6-7-12(13)14/h6-8,11,16H,3-5,9,15H2,1-2H3. The molecule has 1 atom stereocenters. The summed E-state index contributed by atoms with van der Waals surface area (Å²) in [6.07, 6.45) is 3.57. The van der Waals surface area contributed by atoms with Crippen LogP contribution in [0.1, 0.15) is 31.7 Å². The van der Waals surface area contributed by atoms with Crippen molar-refractivity contribution in [3.8, 4) is 0 Å². The van der Waals surface area contributed by atoms with Crippen LogP contribution in [-0.4, -0.2) is 12.6 Å². The predicted octanol–water partition coefficient (Wildman–Crippen LogP) is 3.69. The summed E-state index contributed by atoms with van der Waals surface area (Å²) in [5.74, 6) is 0. The summed E-state index contributed by atoms with van der Waals surface area (Å²) in [6, 6.07) is 6.70. The number of benzene rings is 1. The number of anilines is 1. The lowest BCUT2D eigenvalue weighted by Gasteiger charge is -2.19. The molecule has 0 aliphatic rings. The maximum Gasteiger partial charge on any atom is 0.0489 e. The second-order valence-corrected chi connectivity index (χ2v) is 5.06. The van der Waals surface area contributed by atoms with Gasteiger partial charge in [0.25, 0.3) is 0 Å². The first-order valence-electron chi connectivity index (χ1n) is 5.90. The first kappa shape index (κ1) is 13.5. The van der Waals surface area contributed by atoms with Gasteiger partial charge < -0.3 is 11.1 Å². The van der Waals surface area contributed by atoms with Gasteiger partial charge in [-0.05, 0) is 47.0 Å². The molecule has 0 heterocycles. The van der Waals surface area contributed by atoms with Crippen LogP contribution in [-0.2, 0) is 0 Å². The average molecular weight is 285 g/mol. The van der Waals surface area contributed by atoms with E-state index in [1.165, 1.54) is 18.4 Å². The van der Waals surface area contributed by atoms with E-state index >= 15 is 0 Å². The van der Waals surface area contributed by atoms with E-state index in [2.05, 4.69) is 53.3 Å². The Morgan fingerprint density at radius 1 is 1.44 bits per heavy atom. The van der Waals surface area contributed by atoms with E-state index in [1.54, 1.807) is 0 Å². The van der Waals surface area contributed by atoms with Crippen LogP contribution in [0.5, 0.6) is 0 Å². The molecule has 1 unspecified atom stereocenters. The van der Waals surface area contributed by atoms with Gasteiger partial charge in [0.1, 0.15) is 0 Å². The number of nitrogens with one attached hydrogen (secondary N) is 1. The molecule has 1 aromatic carbocycles. The van der Waals surface area contributed by atoms with Gasteiger partial charge in [0.15, 0.2) is 0 Å². The van der Waals surface area contributed by atoms with Crippen molar-refractivity contribution in [1.82, 2.24) is 0 Å². The molecule has 0 saturated heterocycles. The molecule has 0 aromatic heterocycles. The molecule has 3 heteroatoms. The highest BCUT2D eigenvalue weighted by atomic mass is 79.9. The lowest BCUT2D eigenvalue weighted by atomic mass is 10.1. The highest BCUT2D eigenvalue weighted by molar-refractivity contribution is 9.10. The lowest BCUT2D eigenvalue weighted by Crippen LogP contribution is -2.28. The Hall–Kier alpha value is -0.540. The zero-order valence-corrected chi connectivity index (χ0v) is 11.7. The highest BCUT2D eigenvalue weighted by Gasteiger charge is 2.07. The molecule has 0 spiro atoms. The maximum absolute atomic E-state index is 5.77. The molecule has 0 bridgehead atoms. The number of nitrogens with two attached hydrogens (primary N) is 1. The van der Waals surface area contributed by atoms with Gasteiger partial charge in [-0.15, -0.1) is 0 Å². The van der Waals surface area contributed by atoms with Crippen molar-refractivity contribution < 1.29 is 0 Å². The van der Waals surface area contributed by atoms with Crippen LogP contribution >= 0.6 is 15.9 Å². The Morgan fingerprint density at radius 2 is 2.19 bits per heavy atom. The number of hydrogen-bond acceptors (Lipinski definition) is 2. The van der Waals surface area contributed by atoms with Gasteiger partial charge in [-0.25, -0.2) is 0 Å². The molecular formula is C13H21BrN2. The van der Waals surface area contributed by atoms with E-state index in [1.807, 2.05) is 0 Å². The highest BCUT2D eigenvalue weighted by Crippen LogP contribution is 2.24. The first-order chi connectivity index (χ1) is 7.67. The number of rotatable bonds is 6. The van der Waals surface area contributed by atoms with Crippen LogP contribution in [0.25, 0.3) is 0 Å².